The molecule has 2 amide bonds. The van der Waals surface area contributed by atoms with Crippen LogP contribution < -0.4 is 15.4 Å². The number of nitrogens with one attached hydrogen (secondary N) is 2. The molecule has 0 spiro atoms. The van der Waals surface area contributed by atoms with Crippen molar-refractivity contribution in [2.45, 2.75) is 19.5 Å². The maximum absolute atomic E-state index is 12.2. The van der Waals surface area contributed by atoms with Crippen LogP contribution in [0.1, 0.15) is 23.1 Å². The van der Waals surface area contributed by atoms with Crippen LogP contribution >= 0.6 is 0 Å². The minimum absolute atomic E-state index is 0.00524. The Bertz CT molecular complexity index is 723. The van der Waals surface area contributed by atoms with Crippen molar-refractivity contribution in [3.05, 3.63) is 53.5 Å². The Labute approximate surface area is 159 Å². The van der Waals surface area contributed by atoms with Gasteiger partial charge in [-0.05, 0) is 36.8 Å². The smallest absolute Gasteiger partial charge is 0.315 e. The summed E-state index contributed by atoms with van der Waals surface area (Å²) in [5, 5.41) is 5.85. The van der Waals surface area contributed by atoms with Gasteiger partial charge in [0.25, 0.3) is 0 Å². The number of ether oxygens (including phenoxy) is 2. The van der Waals surface area contributed by atoms with Crippen LogP contribution in [-0.4, -0.2) is 50.9 Å². The molecule has 7 nitrogen and oxygen atoms in total. The molecule has 0 aliphatic carbocycles. The van der Waals surface area contributed by atoms with Crippen molar-refractivity contribution in [1.82, 2.24) is 15.5 Å². The van der Waals surface area contributed by atoms with Crippen LogP contribution in [0.3, 0.4) is 0 Å². The summed E-state index contributed by atoms with van der Waals surface area (Å²) in [6.07, 6.45) is 0. The second-order valence-corrected chi connectivity index (χ2v) is 6.52. The maximum Gasteiger partial charge on any atom is 0.315 e. The number of hydrogen-bond donors (Lipinski definition) is 2. The van der Waals surface area contributed by atoms with Crippen LogP contribution in [0.2, 0.25) is 0 Å². The van der Waals surface area contributed by atoms with E-state index in [1.165, 1.54) is 0 Å². The second-order valence-electron chi connectivity index (χ2n) is 6.52. The lowest BCUT2D eigenvalue weighted by Crippen LogP contribution is -2.45. The number of methoxy groups -OCH3 is 1. The summed E-state index contributed by atoms with van der Waals surface area (Å²) in [6.45, 7) is 5.88. The zero-order valence-electron chi connectivity index (χ0n) is 15.9. The lowest BCUT2D eigenvalue weighted by Gasteiger charge is -2.33. The molecule has 1 aromatic heterocycles. The molecule has 2 N–H and O–H groups in total. The molecule has 3 rings (SSSR count). The fraction of sp³-hybridized carbons (Fsp3) is 0.450. The number of hydrogen-bond acceptors (Lipinski definition) is 5. The number of amides is 2. The van der Waals surface area contributed by atoms with Crippen molar-refractivity contribution < 1.29 is 18.7 Å². The third-order valence-corrected chi connectivity index (χ3v) is 4.64. The van der Waals surface area contributed by atoms with Crippen LogP contribution in [0.5, 0.6) is 5.75 Å². The summed E-state index contributed by atoms with van der Waals surface area (Å²) in [6, 6.07) is 11.3. The molecule has 0 radical (unpaired) electrons. The molecule has 1 aliphatic heterocycles. The minimum atomic E-state index is -0.202. The number of urea groups is 1. The number of benzene rings is 1. The Morgan fingerprint density at radius 3 is 2.52 bits per heavy atom. The first-order valence-corrected chi connectivity index (χ1v) is 9.18. The zero-order valence-corrected chi connectivity index (χ0v) is 15.9. The zero-order chi connectivity index (χ0) is 19.1. The van der Waals surface area contributed by atoms with E-state index in [1.807, 2.05) is 43.3 Å². The monoisotopic (exact) mass is 373 g/mol. The van der Waals surface area contributed by atoms with Crippen molar-refractivity contribution >= 4 is 6.03 Å². The maximum atomic E-state index is 12.2. The van der Waals surface area contributed by atoms with Crippen LogP contribution in [-0.2, 0) is 11.3 Å². The number of carbonyl (C=O) groups is 1. The van der Waals surface area contributed by atoms with Gasteiger partial charge in [-0.3, -0.25) is 4.90 Å². The van der Waals surface area contributed by atoms with E-state index in [9.17, 15) is 4.79 Å². The quantitative estimate of drug-likeness (QED) is 0.780. The van der Waals surface area contributed by atoms with Gasteiger partial charge in [0.1, 0.15) is 17.3 Å². The van der Waals surface area contributed by atoms with E-state index >= 15 is 0 Å². The Hall–Kier alpha value is -2.51. The van der Waals surface area contributed by atoms with Gasteiger partial charge in [0.05, 0.1) is 26.4 Å². The second kappa shape index (κ2) is 9.43. The standard InChI is InChI=1S/C20H27N3O4/c1-15-3-8-19(27-15)18(23-9-11-26-12-10-23)14-22-20(24)21-13-16-4-6-17(25-2)7-5-16/h3-8,18H,9-14H2,1-2H3,(H2,21,22,24). The van der Waals surface area contributed by atoms with E-state index in [0.29, 0.717) is 26.3 Å². The third kappa shape index (κ3) is 5.48. The van der Waals surface area contributed by atoms with Crippen molar-refractivity contribution in [1.29, 1.82) is 0 Å². The van der Waals surface area contributed by atoms with Crippen molar-refractivity contribution in [2.75, 3.05) is 40.0 Å². The fourth-order valence-electron chi connectivity index (χ4n) is 3.11. The molecule has 0 bridgehead atoms. The average Bonchev–Trinajstić information content (AvgIpc) is 3.13. The molecule has 1 atom stereocenters. The molecule has 0 saturated carbocycles. The summed E-state index contributed by atoms with van der Waals surface area (Å²) >= 11 is 0. The van der Waals surface area contributed by atoms with Crippen LogP contribution in [0, 0.1) is 6.92 Å². The lowest BCUT2D eigenvalue weighted by molar-refractivity contribution is 0.0121. The van der Waals surface area contributed by atoms with Gasteiger partial charge >= 0.3 is 6.03 Å². The van der Waals surface area contributed by atoms with Crippen molar-refractivity contribution in [3.8, 4) is 5.75 Å². The SMILES string of the molecule is COc1ccc(CNC(=O)NCC(c2ccc(C)o2)N2CCOCC2)cc1. The van der Waals surface area contributed by atoms with Gasteiger partial charge in [0, 0.05) is 26.2 Å². The van der Waals surface area contributed by atoms with Crippen molar-refractivity contribution in [3.63, 3.8) is 0 Å². The van der Waals surface area contributed by atoms with Gasteiger partial charge in [-0.2, -0.15) is 0 Å². The highest BCUT2D eigenvalue weighted by Crippen LogP contribution is 2.23. The van der Waals surface area contributed by atoms with Gasteiger partial charge in [-0.15, -0.1) is 0 Å². The van der Waals surface area contributed by atoms with E-state index < -0.39 is 0 Å². The number of carbonyl (C=O) groups excluding carboxylic acids is 1. The Morgan fingerprint density at radius 1 is 1.15 bits per heavy atom. The van der Waals surface area contributed by atoms with Gasteiger partial charge in [0.15, 0.2) is 0 Å². The van der Waals surface area contributed by atoms with Gasteiger partial charge < -0.3 is 24.5 Å². The summed E-state index contributed by atoms with van der Waals surface area (Å²) in [7, 11) is 1.63. The molecular weight excluding hydrogens is 346 g/mol. The molecule has 27 heavy (non-hydrogen) atoms. The highest BCUT2D eigenvalue weighted by molar-refractivity contribution is 5.73. The molecule has 146 valence electrons. The number of furan rings is 1. The Morgan fingerprint density at radius 2 is 1.89 bits per heavy atom. The normalized spacial score (nSPS) is 15.9. The number of aryl methyl sites for hydroxylation is 1. The van der Waals surface area contributed by atoms with Crippen LogP contribution in [0.15, 0.2) is 40.8 Å². The summed E-state index contributed by atoms with van der Waals surface area (Å²) < 4.78 is 16.4. The molecule has 1 saturated heterocycles. The minimum Gasteiger partial charge on any atom is -0.497 e. The fourth-order valence-corrected chi connectivity index (χ4v) is 3.11. The Balaban J connectivity index is 1.53. The topological polar surface area (TPSA) is 76.0 Å². The first kappa shape index (κ1) is 19.3. The first-order valence-electron chi connectivity index (χ1n) is 9.18. The molecule has 1 aromatic carbocycles. The molecule has 1 aliphatic rings. The predicted molar refractivity (Wildman–Crippen MR) is 102 cm³/mol. The van der Waals surface area contributed by atoms with Gasteiger partial charge in [-0.25, -0.2) is 4.79 Å². The Kier molecular flexibility index (Phi) is 6.73. The van der Waals surface area contributed by atoms with Crippen LogP contribution in [0.4, 0.5) is 4.79 Å². The molecule has 2 aromatic rings. The van der Waals surface area contributed by atoms with Gasteiger partial charge in [-0.1, -0.05) is 12.1 Å². The molecule has 1 fully saturated rings. The van der Waals surface area contributed by atoms with E-state index in [-0.39, 0.29) is 12.1 Å². The summed E-state index contributed by atoms with van der Waals surface area (Å²) in [5.74, 6) is 2.53. The van der Waals surface area contributed by atoms with E-state index in [1.54, 1.807) is 7.11 Å². The molecule has 1 unspecified atom stereocenters. The molecule has 2 heterocycles. The molecular formula is C20H27N3O4. The predicted octanol–water partition coefficient (Wildman–Crippen LogP) is 2.47. The lowest BCUT2D eigenvalue weighted by atomic mass is 10.1. The summed E-state index contributed by atoms with van der Waals surface area (Å²) in [5.41, 5.74) is 1.01. The highest BCUT2D eigenvalue weighted by atomic mass is 16.5. The van der Waals surface area contributed by atoms with E-state index in [4.69, 9.17) is 13.9 Å². The van der Waals surface area contributed by atoms with Gasteiger partial charge in [0.2, 0.25) is 0 Å². The van der Waals surface area contributed by atoms with E-state index in [0.717, 1.165) is 35.9 Å². The third-order valence-electron chi connectivity index (χ3n) is 4.64. The number of nitrogens with zero attached hydrogens (tertiary/aromatic N) is 1. The largest absolute Gasteiger partial charge is 0.497 e. The van der Waals surface area contributed by atoms with Crippen molar-refractivity contribution in [2.24, 2.45) is 0 Å². The molecule has 7 heteroatoms. The van der Waals surface area contributed by atoms with Crippen LogP contribution in [0.25, 0.3) is 0 Å². The number of morpholine rings is 1. The summed E-state index contributed by atoms with van der Waals surface area (Å²) in [4.78, 5) is 14.5. The number of rotatable bonds is 7. The van der Waals surface area contributed by atoms with E-state index in [2.05, 4.69) is 15.5 Å². The average molecular weight is 373 g/mol. The highest BCUT2D eigenvalue weighted by Gasteiger charge is 2.25. The first-order chi connectivity index (χ1) is 13.2.